The summed E-state index contributed by atoms with van der Waals surface area (Å²) < 4.78 is 0. The Morgan fingerprint density at radius 3 is 2.07 bits per heavy atom. The van der Waals surface area contributed by atoms with E-state index >= 15 is 0 Å². The van der Waals surface area contributed by atoms with Gasteiger partial charge in [-0.1, -0.05) is 71.9 Å². The highest BCUT2D eigenvalue weighted by molar-refractivity contribution is 5.87. The third-order valence-corrected chi connectivity index (χ3v) is 3.91. The molecule has 144 valence electrons. The van der Waals surface area contributed by atoms with E-state index in [9.17, 15) is 4.79 Å². The Morgan fingerprint density at radius 2 is 1.52 bits per heavy atom. The molecule has 4 nitrogen and oxygen atoms in total. The normalized spacial score (nSPS) is 10.1. The minimum absolute atomic E-state index is 0.160. The first-order valence-corrected chi connectivity index (χ1v) is 9.43. The van der Waals surface area contributed by atoms with Crippen molar-refractivity contribution in [3.05, 3.63) is 71.8 Å². The van der Waals surface area contributed by atoms with E-state index in [4.69, 9.17) is 5.11 Å². The second kappa shape index (κ2) is 11.1. The lowest BCUT2D eigenvalue weighted by atomic mass is 10.0. The van der Waals surface area contributed by atoms with Crippen LogP contribution in [0.25, 0.3) is 10.8 Å². The third kappa shape index (κ3) is 6.17. The summed E-state index contributed by atoms with van der Waals surface area (Å²) in [6, 6.07) is 14.0. The molecule has 2 heterocycles. The average molecular weight is 367 g/mol. The number of fused-ring (bicyclic) bond motifs is 1. The molecular weight excluding hydrogens is 336 g/mol. The van der Waals surface area contributed by atoms with Gasteiger partial charge in [-0.3, -0.25) is 4.98 Å². The first-order chi connectivity index (χ1) is 12.9. The van der Waals surface area contributed by atoms with Crippen LogP contribution in [0.2, 0.25) is 0 Å². The lowest BCUT2D eigenvalue weighted by Crippen LogP contribution is -2.06. The lowest BCUT2D eigenvalue weighted by Gasteiger charge is -2.07. The second-order valence-corrected chi connectivity index (χ2v) is 6.47. The smallest absolute Gasteiger partial charge is 0.354 e. The highest BCUT2D eigenvalue weighted by atomic mass is 16.4. The van der Waals surface area contributed by atoms with Crippen molar-refractivity contribution in [1.82, 2.24) is 9.97 Å². The number of hydrogen-bond donors (Lipinski definition) is 1. The van der Waals surface area contributed by atoms with Gasteiger partial charge in [0.2, 0.25) is 0 Å². The first kappa shape index (κ1) is 22.3. The summed E-state index contributed by atoms with van der Waals surface area (Å²) in [5.74, 6) is -0.268. The number of carbonyl (C=O) groups is 1. The molecule has 0 aliphatic carbocycles. The number of carboxylic acid groups (broad SMARTS) is 1. The van der Waals surface area contributed by atoms with Crippen molar-refractivity contribution in [2.45, 2.75) is 53.4 Å². The molecule has 0 saturated carbocycles. The number of pyridine rings is 2. The van der Waals surface area contributed by atoms with E-state index in [1.807, 2.05) is 33.9 Å². The van der Waals surface area contributed by atoms with Crippen LogP contribution in [-0.2, 0) is 0 Å². The van der Waals surface area contributed by atoms with Gasteiger partial charge in [-0.15, -0.1) is 0 Å². The molecule has 1 N–H and O–H groups in total. The molecule has 0 amide bonds. The fourth-order valence-electron chi connectivity index (χ4n) is 2.67. The highest BCUT2D eigenvalue weighted by Crippen LogP contribution is 2.22. The van der Waals surface area contributed by atoms with Gasteiger partial charge < -0.3 is 5.11 Å². The van der Waals surface area contributed by atoms with Gasteiger partial charge in [-0.05, 0) is 34.9 Å². The van der Waals surface area contributed by atoms with Crippen molar-refractivity contribution in [2.75, 3.05) is 0 Å². The Balaban J connectivity index is 0.000000248. The van der Waals surface area contributed by atoms with E-state index in [1.165, 1.54) is 22.7 Å². The highest BCUT2D eigenvalue weighted by Gasteiger charge is 2.12. The average Bonchev–Trinajstić information content (AvgIpc) is 2.69. The van der Waals surface area contributed by atoms with E-state index in [0.717, 1.165) is 5.56 Å². The van der Waals surface area contributed by atoms with Crippen LogP contribution < -0.4 is 0 Å². The van der Waals surface area contributed by atoms with Crippen LogP contribution in [0.15, 0.2) is 54.9 Å². The van der Waals surface area contributed by atoms with Gasteiger partial charge in [0, 0.05) is 17.8 Å². The molecule has 1 aromatic carbocycles. The summed E-state index contributed by atoms with van der Waals surface area (Å²) in [5.41, 5.74) is 2.13. The van der Waals surface area contributed by atoms with Gasteiger partial charge in [0.05, 0.1) is 5.69 Å². The van der Waals surface area contributed by atoms with Crippen molar-refractivity contribution >= 4 is 16.7 Å². The van der Waals surface area contributed by atoms with Crippen LogP contribution in [0, 0.1) is 0 Å². The van der Waals surface area contributed by atoms with Gasteiger partial charge in [-0.2, -0.15) is 0 Å². The third-order valence-electron chi connectivity index (χ3n) is 3.91. The zero-order valence-electron chi connectivity index (χ0n) is 17.1. The number of rotatable bonds is 3. The monoisotopic (exact) mass is 366 g/mol. The maximum absolute atomic E-state index is 10.7. The Kier molecular flexibility index (Phi) is 9.14. The molecule has 0 fully saturated rings. The van der Waals surface area contributed by atoms with E-state index in [1.54, 1.807) is 12.1 Å². The fourth-order valence-corrected chi connectivity index (χ4v) is 2.67. The molecule has 2 aromatic heterocycles. The molecule has 0 saturated heterocycles. The molecule has 3 aromatic rings. The molecule has 0 radical (unpaired) electrons. The molecule has 0 unspecified atom stereocenters. The van der Waals surface area contributed by atoms with Crippen molar-refractivity contribution in [2.24, 2.45) is 0 Å². The number of aromatic nitrogens is 2. The molecule has 0 bridgehead atoms. The maximum atomic E-state index is 10.7. The molecule has 3 rings (SSSR count). The molecule has 0 spiro atoms. The Labute approximate surface area is 162 Å². The van der Waals surface area contributed by atoms with Crippen molar-refractivity contribution in [3.63, 3.8) is 0 Å². The molecule has 0 aliphatic rings. The number of carboxylic acids is 1. The maximum Gasteiger partial charge on any atom is 0.354 e. The standard InChI is InChI=1S/C12H13N.C9H11NO2.C2H6/c1-9(2)12-11-6-4-3-5-10(11)7-8-13-12;1-6(2)7-4-3-5-10-8(7)9(11)12;1-2/h3-9H,1-2H3;3-6H,1-2H3,(H,11,12);1-2H3. The van der Waals surface area contributed by atoms with Crippen LogP contribution >= 0.6 is 0 Å². The van der Waals surface area contributed by atoms with Crippen LogP contribution in [0.4, 0.5) is 0 Å². The van der Waals surface area contributed by atoms with Crippen LogP contribution in [0.1, 0.15) is 75.1 Å². The summed E-state index contributed by atoms with van der Waals surface area (Å²) in [6.07, 6.45) is 3.38. The number of benzene rings is 1. The zero-order chi connectivity index (χ0) is 20.4. The number of aromatic carboxylic acids is 1. The molecule has 0 aliphatic heterocycles. The minimum atomic E-state index is -0.959. The first-order valence-electron chi connectivity index (χ1n) is 9.43. The summed E-state index contributed by atoms with van der Waals surface area (Å²) in [7, 11) is 0. The minimum Gasteiger partial charge on any atom is -0.477 e. The van der Waals surface area contributed by atoms with E-state index in [2.05, 4.69) is 54.1 Å². The number of nitrogens with zero attached hydrogens (tertiary/aromatic N) is 2. The van der Waals surface area contributed by atoms with Gasteiger partial charge in [0.1, 0.15) is 0 Å². The van der Waals surface area contributed by atoms with Gasteiger partial charge >= 0.3 is 5.97 Å². The predicted octanol–water partition coefficient (Wildman–Crippen LogP) is 6.29. The summed E-state index contributed by atoms with van der Waals surface area (Å²) >= 11 is 0. The van der Waals surface area contributed by atoms with E-state index in [-0.39, 0.29) is 11.6 Å². The van der Waals surface area contributed by atoms with Crippen LogP contribution in [-0.4, -0.2) is 21.0 Å². The van der Waals surface area contributed by atoms with Gasteiger partial charge in [0.15, 0.2) is 5.69 Å². The van der Waals surface area contributed by atoms with Crippen molar-refractivity contribution < 1.29 is 9.90 Å². The molecule has 0 atom stereocenters. The Morgan fingerprint density at radius 1 is 0.852 bits per heavy atom. The molecule has 4 heteroatoms. The second-order valence-electron chi connectivity index (χ2n) is 6.47. The quantitative estimate of drug-likeness (QED) is 0.592. The molecule has 27 heavy (non-hydrogen) atoms. The predicted molar refractivity (Wildman–Crippen MR) is 112 cm³/mol. The van der Waals surface area contributed by atoms with E-state index in [0.29, 0.717) is 5.92 Å². The molecular formula is C23H30N2O2. The van der Waals surface area contributed by atoms with Crippen molar-refractivity contribution in [3.8, 4) is 0 Å². The van der Waals surface area contributed by atoms with Gasteiger partial charge in [-0.25, -0.2) is 9.78 Å². The summed E-state index contributed by atoms with van der Waals surface area (Å²) in [4.78, 5) is 18.9. The Hall–Kier alpha value is -2.75. The topological polar surface area (TPSA) is 63.1 Å². The van der Waals surface area contributed by atoms with Crippen molar-refractivity contribution in [1.29, 1.82) is 0 Å². The Bertz CT molecular complexity index is 852. The SMILES string of the molecule is CC.CC(C)c1cccnc1C(=O)O.CC(C)c1nccc2ccccc12. The summed E-state index contributed by atoms with van der Waals surface area (Å²) in [6.45, 7) is 12.2. The number of hydrogen-bond acceptors (Lipinski definition) is 3. The van der Waals surface area contributed by atoms with Gasteiger partial charge in [0.25, 0.3) is 0 Å². The van der Waals surface area contributed by atoms with Crippen LogP contribution in [0.3, 0.4) is 0 Å². The fraction of sp³-hybridized carbons (Fsp3) is 0.348. The largest absolute Gasteiger partial charge is 0.477 e. The van der Waals surface area contributed by atoms with Crippen LogP contribution in [0.5, 0.6) is 0 Å². The lowest BCUT2D eigenvalue weighted by molar-refractivity contribution is 0.0688. The zero-order valence-corrected chi connectivity index (χ0v) is 17.1. The summed E-state index contributed by atoms with van der Waals surface area (Å²) in [5, 5.41) is 11.3. The van der Waals surface area contributed by atoms with E-state index < -0.39 is 5.97 Å².